The highest BCUT2D eigenvalue weighted by atomic mass is 16.5. The van der Waals surface area contributed by atoms with Gasteiger partial charge in [0.15, 0.2) is 0 Å². The molecular weight excluding hydrogens is 136 g/mol. The molecule has 1 radical (unpaired) electrons. The van der Waals surface area contributed by atoms with Gasteiger partial charge in [-0.05, 0) is 5.56 Å². The minimum atomic E-state index is 0.509. The molecule has 0 atom stereocenters. The van der Waals surface area contributed by atoms with Gasteiger partial charge in [0.1, 0.15) is 0 Å². The molecule has 11 heavy (non-hydrogen) atoms. The maximum absolute atomic E-state index is 5.19. The Morgan fingerprint density at radius 2 is 2.00 bits per heavy atom. The van der Waals surface area contributed by atoms with E-state index in [2.05, 4.69) is 0 Å². The quantitative estimate of drug-likeness (QED) is 0.593. The molecule has 0 spiro atoms. The normalized spacial score (nSPS) is 9.45. The molecule has 0 bridgehead atoms. The first-order valence-corrected chi connectivity index (χ1v) is 3.58. The highest BCUT2D eigenvalue weighted by molar-refractivity contribution is 5.13. The van der Waals surface area contributed by atoms with Gasteiger partial charge >= 0.3 is 0 Å². The zero-order chi connectivity index (χ0) is 7.94. The molecule has 0 aromatic heterocycles. The second-order valence-electron chi connectivity index (χ2n) is 2.24. The molecule has 0 heterocycles. The largest absolute Gasteiger partial charge is 0.373 e. The molecule has 57 valence electrons. The molecule has 0 N–H and O–H groups in total. The lowest BCUT2D eigenvalue weighted by Crippen LogP contribution is -1.91. The first-order valence-electron chi connectivity index (χ1n) is 3.58. The van der Waals surface area contributed by atoms with E-state index >= 15 is 0 Å². The minimum Gasteiger partial charge on any atom is -0.373 e. The van der Waals surface area contributed by atoms with Gasteiger partial charge < -0.3 is 4.74 Å². The van der Waals surface area contributed by atoms with Crippen LogP contribution in [0.1, 0.15) is 5.56 Å². The van der Waals surface area contributed by atoms with Gasteiger partial charge in [-0.2, -0.15) is 0 Å². The Balaban J connectivity index is 2.33. The van der Waals surface area contributed by atoms with Crippen LogP contribution in [0.2, 0.25) is 0 Å². The van der Waals surface area contributed by atoms with Gasteiger partial charge in [0.2, 0.25) is 0 Å². The highest BCUT2D eigenvalue weighted by Crippen LogP contribution is 1.99. The predicted molar refractivity (Wildman–Crippen MR) is 45.0 cm³/mol. The summed E-state index contributed by atoms with van der Waals surface area (Å²) in [6.07, 6.45) is 1.50. The van der Waals surface area contributed by atoms with E-state index in [9.17, 15) is 0 Å². The number of hydrogen-bond acceptors (Lipinski definition) is 1. The molecule has 0 amide bonds. The summed E-state index contributed by atoms with van der Waals surface area (Å²) in [6.45, 7) is 6.28. The van der Waals surface area contributed by atoms with Crippen molar-refractivity contribution >= 4 is 0 Å². The van der Waals surface area contributed by atoms with Crippen LogP contribution >= 0.6 is 0 Å². The van der Waals surface area contributed by atoms with Crippen LogP contribution in [0.25, 0.3) is 0 Å². The van der Waals surface area contributed by atoms with Crippen molar-refractivity contribution in [3.05, 3.63) is 48.6 Å². The van der Waals surface area contributed by atoms with Gasteiger partial charge in [0, 0.05) is 0 Å². The summed E-state index contributed by atoms with van der Waals surface area (Å²) >= 11 is 0. The Hall–Kier alpha value is -1.08. The lowest BCUT2D eigenvalue weighted by molar-refractivity contribution is 0.149. The summed E-state index contributed by atoms with van der Waals surface area (Å²) in [6, 6.07) is 10.0. The average molecular weight is 147 g/mol. The molecular formula is C10H11O. The lowest BCUT2D eigenvalue weighted by atomic mass is 10.2. The molecule has 0 aliphatic heterocycles. The summed E-state index contributed by atoms with van der Waals surface area (Å²) in [5, 5.41) is 0. The highest BCUT2D eigenvalue weighted by Gasteiger charge is 1.87. The van der Waals surface area contributed by atoms with E-state index in [0.717, 1.165) is 0 Å². The van der Waals surface area contributed by atoms with Crippen molar-refractivity contribution in [3.63, 3.8) is 0 Å². The summed E-state index contributed by atoms with van der Waals surface area (Å²) < 4.78 is 5.19. The van der Waals surface area contributed by atoms with Crippen molar-refractivity contribution in [2.45, 2.75) is 6.61 Å². The van der Waals surface area contributed by atoms with Gasteiger partial charge in [0.05, 0.1) is 13.2 Å². The van der Waals surface area contributed by atoms with Gasteiger partial charge in [0.25, 0.3) is 0 Å². The van der Waals surface area contributed by atoms with E-state index in [1.807, 2.05) is 30.3 Å². The third-order valence-electron chi connectivity index (χ3n) is 1.33. The third kappa shape index (κ3) is 3.01. The van der Waals surface area contributed by atoms with Crippen LogP contribution in [0.5, 0.6) is 0 Å². The molecule has 0 saturated heterocycles. The van der Waals surface area contributed by atoms with E-state index in [-0.39, 0.29) is 0 Å². The number of hydrogen-bond donors (Lipinski definition) is 0. The number of rotatable bonds is 4. The Kier molecular flexibility index (Phi) is 3.42. The Morgan fingerprint density at radius 3 is 2.64 bits per heavy atom. The Labute approximate surface area is 67.3 Å². The molecule has 0 fully saturated rings. The zero-order valence-electron chi connectivity index (χ0n) is 6.36. The van der Waals surface area contributed by atoms with Gasteiger partial charge in [-0.15, -0.1) is 0 Å². The fraction of sp³-hybridized carbons (Fsp3) is 0.200. The van der Waals surface area contributed by atoms with Gasteiger partial charge in [-0.25, -0.2) is 0 Å². The molecule has 0 aliphatic rings. The molecule has 1 rings (SSSR count). The summed E-state index contributed by atoms with van der Waals surface area (Å²) in [7, 11) is 0. The molecule has 0 saturated carbocycles. The smallest absolute Gasteiger partial charge is 0.0721 e. The summed E-state index contributed by atoms with van der Waals surface area (Å²) in [5.41, 5.74) is 1.18. The van der Waals surface area contributed by atoms with Crippen LogP contribution in [0, 0.1) is 6.58 Å². The van der Waals surface area contributed by atoms with Crippen molar-refractivity contribution in [2.24, 2.45) is 0 Å². The van der Waals surface area contributed by atoms with E-state index in [1.54, 1.807) is 0 Å². The monoisotopic (exact) mass is 147 g/mol. The molecule has 0 unspecified atom stereocenters. The molecule has 1 aromatic rings. The molecule has 1 aromatic carbocycles. The van der Waals surface area contributed by atoms with Crippen LogP contribution in [0.3, 0.4) is 0 Å². The maximum Gasteiger partial charge on any atom is 0.0721 e. The SMILES string of the molecule is [CH]=CCOCc1ccccc1. The Bertz CT molecular complexity index is 203. The number of benzene rings is 1. The lowest BCUT2D eigenvalue weighted by Gasteiger charge is -1.99. The van der Waals surface area contributed by atoms with E-state index in [1.165, 1.54) is 11.6 Å². The zero-order valence-corrected chi connectivity index (χ0v) is 6.36. The number of ether oxygens (including phenoxy) is 1. The van der Waals surface area contributed by atoms with E-state index in [0.29, 0.717) is 13.2 Å². The predicted octanol–water partition coefficient (Wildman–Crippen LogP) is 2.19. The minimum absolute atomic E-state index is 0.509. The van der Waals surface area contributed by atoms with Crippen LogP contribution in [-0.2, 0) is 11.3 Å². The Morgan fingerprint density at radius 1 is 1.27 bits per heavy atom. The fourth-order valence-electron chi connectivity index (χ4n) is 0.819. The van der Waals surface area contributed by atoms with Crippen molar-refractivity contribution in [2.75, 3.05) is 6.61 Å². The standard InChI is InChI=1S/C10H11O/c1-2-8-11-9-10-6-4-3-5-7-10/h1-7H,8-9H2. The van der Waals surface area contributed by atoms with Crippen molar-refractivity contribution in [1.82, 2.24) is 0 Å². The van der Waals surface area contributed by atoms with Crippen molar-refractivity contribution in [3.8, 4) is 0 Å². The summed E-state index contributed by atoms with van der Waals surface area (Å²) in [5.74, 6) is 0. The van der Waals surface area contributed by atoms with E-state index in [4.69, 9.17) is 11.3 Å². The van der Waals surface area contributed by atoms with Crippen LogP contribution in [0.4, 0.5) is 0 Å². The first-order chi connectivity index (χ1) is 5.43. The topological polar surface area (TPSA) is 9.23 Å². The fourth-order valence-corrected chi connectivity index (χ4v) is 0.819. The molecule has 0 aliphatic carbocycles. The first kappa shape index (κ1) is 8.02. The van der Waals surface area contributed by atoms with Crippen LogP contribution < -0.4 is 0 Å². The van der Waals surface area contributed by atoms with Crippen molar-refractivity contribution in [1.29, 1.82) is 0 Å². The van der Waals surface area contributed by atoms with Crippen LogP contribution in [0.15, 0.2) is 36.4 Å². The molecule has 1 heteroatoms. The average Bonchev–Trinajstić information content (AvgIpc) is 2.07. The molecule has 1 nitrogen and oxygen atoms in total. The maximum atomic E-state index is 5.19. The van der Waals surface area contributed by atoms with Gasteiger partial charge in [-0.3, -0.25) is 0 Å². The second-order valence-corrected chi connectivity index (χ2v) is 2.24. The summed E-state index contributed by atoms with van der Waals surface area (Å²) in [4.78, 5) is 0. The van der Waals surface area contributed by atoms with E-state index < -0.39 is 0 Å². The van der Waals surface area contributed by atoms with Crippen LogP contribution in [-0.4, -0.2) is 6.61 Å². The second kappa shape index (κ2) is 4.69. The van der Waals surface area contributed by atoms with Gasteiger partial charge in [-0.1, -0.05) is 43.0 Å². The third-order valence-corrected chi connectivity index (χ3v) is 1.33. The van der Waals surface area contributed by atoms with Crippen molar-refractivity contribution < 1.29 is 4.74 Å².